The largest absolute Gasteiger partial charge is 0.280 e. The first kappa shape index (κ1) is 31.1. The summed E-state index contributed by atoms with van der Waals surface area (Å²) in [7, 11) is 0. The molecule has 2 aromatic rings. The molecule has 0 radical (unpaired) electrons. The molecule has 0 N–H and O–H groups in total. The van der Waals surface area contributed by atoms with Gasteiger partial charge in [-0.15, -0.1) is 0 Å². The second-order valence-corrected chi connectivity index (χ2v) is 12.8. The topological polar surface area (TPSA) is 12.9 Å². The summed E-state index contributed by atoms with van der Waals surface area (Å²) in [5.41, 5.74) is 2.51. The Morgan fingerprint density at radius 3 is 2.00 bits per heavy atom. The van der Waals surface area contributed by atoms with Crippen molar-refractivity contribution >= 4 is 0 Å². The van der Waals surface area contributed by atoms with Crippen LogP contribution in [0.25, 0.3) is 11.3 Å². The van der Waals surface area contributed by atoms with Gasteiger partial charge >= 0.3 is 0 Å². The Kier molecular flexibility index (Phi) is 12.4. The maximum absolute atomic E-state index is 15.4. The van der Waals surface area contributed by atoms with Crippen LogP contribution in [0.3, 0.4) is 0 Å². The monoisotopic (exact) mass is 555 g/mol. The van der Waals surface area contributed by atoms with Gasteiger partial charge in [0.05, 0.1) is 11.3 Å². The fraction of sp³-hybridized carbons (Fsp3) is 0.694. The second-order valence-electron chi connectivity index (χ2n) is 12.8. The Morgan fingerprint density at radius 2 is 1.35 bits per heavy atom. The molecule has 1 fully saturated rings. The van der Waals surface area contributed by atoms with E-state index >= 15 is 13.2 Å². The molecule has 2 aliphatic rings. The van der Waals surface area contributed by atoms with Crippen LogP contribution in [0.4, 0.5) is 13.2 Å². The molecule has 1 unspecified atom stereocenters. The van der Waals surface area contributed by atoms with Crippen LogP contribution in [0.5, 0.6) is 0 Å². The number of aromatic nitrogens is 1. The number of unbranched alkanes of at least 4 members (excludes halogenated alkanes) is 12. The molecule has 1 nitrogen and oxygen atoms in total. The maximum atomic E-state index is 15.4. The number of fused-ring (bicyclic) bond motifs is 1. The van der Waals surface area contributed by atoms with E-state index < -0.39 is 23.4 Å². The molecule has 1 atom stereocenters. The van der Waals surface area contributed by atoms with E-state index in [2.05, 4.69) is 24.0 Å². The zero-order chi connectivity index (χ0) is 28.2. The fourth-order valence-corrected chi connectivity index (χ4v) is 6.54. The van der Waals surface area contributed by atoms with Gasteiger partial charge in [-0.3, -0.25) is 0 Å². The molecule has 4 rings (SSSR count). The minimum Gasteiger partial charge on any atom is -0.219 e. The third-order valence-electron chi connectivity index (χ3n) is 9.35. The van der Waals surface area contributed by atoms with E-state index in [4.69, 9.17) is 0 Å². The van der Waals surface area contributed by atoms with Crippen molar-refractivity contribution in [2.24, 2.45) is 11.8 Å². The third kappa shape index (κ3) is 9.35. The molecule has 2 aliphatic carbocycles. The molecular formula is C36H52F3N. The number of benzene rings is 1. The van der Waals surface area contributed by atoms with E-state index in [1.165, 1.54) is 95.5 Å². The van der Waals surface area contributed by atoms with Crippen molar-refractivity contribution in [2.45, 2.75) is 148 Å². The average Bonchev–Trinajstić information content (AvgIpc) is 3.77. The summed E-state index contributed by atoms with van der Waals surface area (Å²) in [5.74, 6) is -3.86. The second kappa shape index (κ2) is 16.0. The molecule has 0 saturated heterocycles. The molecule has 1 aromatic carbocycles. The predicted octanol–water partition coefficient (Wildman–Crippen LogP) is 11.8. The highest BCUT2D eigenvalue weighted by molar-refractivity contribution is 5.61. The lowest BCUT2D eigenvalue weighted by Crippen LogP contribution is -2.33. The molecule has 1 aromatic heterocycles. The summed E-state index contributed by atoms with van der Waals surface area (Å²) >= 11 is 0. The zero-order valence-corrected chi connectivity index (χ0v) is 25.0. The lowest BCUT2D eigenvalue weighted by atomic mass is 9.78. The standard InChI is InChI=1S/C36H52F3N/c1-2-3-4-5-7-12-15-18-32-26-25-31-27-33(40-35(37)34(31)36(32,38)39)30-23-21-29(22-24-30)17-14-11-9-6-8-10-13-16-28-19-20-28/h21-24,27-28,32H,2-20,25-26H2,1H3. The summed E-state index contributed by atoms with van der Waals surface area (Å²) in [6, 6.07) is 9.80. The fourth-order valence-electron chi connectivity index (χ4n) is 6.54. The third-order valence-corrected chi connectivity index (χ3v) is 9.35. The summed E-state index contributed by atoms with van der Waals surface area (Å²) in [6.45, 7) is 2.19. The maximum Gasteiger partial charge on any atom is 0.280 e. The quantitative estimate of drug-likeness (QED) is 0.124. The molecule has 4 heteroatoms. The normalized spacial score (nSPS) is 18.1. The Bertz CT molecular complexity index is 1010. The van der Waals surface area contributed by atoms with Gasteiger partial charge in [-0.1, -0.05) is 134 Å². The molecule has 0 aliphatic heterocycles. The summed E-state index contributed by atoms with van der Waals surface area (Å²) in [4.78, 5) is 4.04. The van der Waals surface area contributed by atoms with Crippen LogP contribution in [-0.2, 0) is 18.8 Å². The Balaban J connectivity index is 1.22. The first-order chi connectivity index (χ1) is 19.5. The number of rotatable bonds is 19. The smallest absolute Gasteiger partial charge is 0.219 e. The van der Waals surface area contributed by atoms with Gasteiger partial charge in [0.25, 0.3) is 5.92 Å². The molecule has 40 heavy (non-hydrogen) atoms. The number of nitrogens with zero attached hydrogens (tertiary/aromatic N) is 1. The van der Waals surface area contributed by atoms with Gasteiger partial charge in [0.15, 0.2) is 0 Å². The van der Waals surface area contributed by atoms with Crippen molar-refractivity contribution in [2.75, 3.05) is 0 Å². The van der Waals surface area contributed by atoms with Gasteiger partial charge < -0.3 is 0 Å². The highest BCUT2D eigenvalue weighted by Crippen LogP contribution is 2.48. The highest BCUT2D eigenvalue weighted by Gasteiger charge is 2.47. The molecule has 0 bridgehead atoms. The van der Waals surface area contributed by atoms with Crippen molar-refractivity contribution in [1.29, 1.82) is 0 Å². The van der Waals surface area contributed by atoms with Crippen molar-refractivity contribution < 1.29 is 13.2 Å². The van der Waals surface area contributed by atoms with Crippen LogP contribution in [0.2, 0.25) is 0 Å². The van der Waals surface area contributed by atoms with E-state index in [1.54, 1.807) is 6.07 Å². The van der Waals surface area contributed by atoms with Crippen molar-refractivity contribution in [3.63, 3.8) is 0 Å². The SMILES string of the molecule is CCCCCCCCCC1CCc2cc(-c3ccc(CCCCCCCCCC4CC4)cc3)nc(F)c2C1(F)F. The van der Waals surface area contributed by atoms with Gasteiger partial charge in [0.2, 0.25) is 5.95 Å². The average molecular weight is 556 g/mol. The Labute approximate surface area is 241 Å². The Hall–Kier alpha value is -1.84. The molecular weight excluding hydrogens is 503 g/mol. The Morgan fingerprint density at radius 1 is 0.750 bits per heavy atom. The minimum atomic E-state index is -3.15. The van der Waals surface area contributed by atoms with Gasteiger partial charge in [-0.05, 0) is 55.2 Å². The van der Waals surface area contributed by atoms with Crippen LogP contribution in [0.1, 0.15) is 146 Å². The minimum absolute atomic E-state index is 0.415. The molecule has 1 saturated carbocycles. The van der Waals surface area contributed by atoms with Crippen LogP contribution in [0.15, 0.2) is 30.3 Å². The number of hydrogen-bond donors (Lipinski definition) is 0. The van der Waals surface area contributed by atoms with Gasteiger partial charge in [0.1, 0.15) is 0 Å². The van der Waals surface area contributed by atoms with E-state index in [9.17, 15) is 0 Å². The molecule has 0 amide bonds. The van der Waals surface area contributed by atoms with Crippen LogP contribution >= 0.6 is 0 Å². The lowest BCUT2D eigenvalue weighted by Gasteiger charge is -2.33. The van der Waals surface area contributed by atoms with Gasteiger partial charge in [0, 0.05) is 11.5 Å². The number of hydrogen-bond acceptors (Lipinski definition) is 1. The number of pyridine rings is 1. The zero-order valence-electron chi connectivity index (χ0n) is 25.0. The van der Waals surface area contributed by atoms with Crippen molar-refractivity contribution in [1.82, 2.24) is 4.98 Å². The lowest BCUT2D eigenvalue weighted by molar-refractivity contribution is -0.0824. The summed E-state index contributed by atoms with van der Waals surface area (Å²) < 4.78 is 45.9. The van der Waals surface area contributed by atoms with Crippen LogP contribution < -0.4 is 0 Å². The van der Waals surface area contributed by atoms with Crippen molar-refractivity contribution in [3.05, 3.63) is 53.0 Å². The van der Waals surface area contributed by atoms with Crippen LogP contribution in [-0.4, -0.2) is 4.98 Å². The molecule has 222 valence electrons. The molecule has 0 spiro atoms. The first-order valence-corrected chi connectivity index (χ1v) is 16.7. The summed E-state index contributed by atoms with van der Waals surface area (Å²) in [5, 5.41) is 0. The van der Waals surface area contributed by atoms with Gasteiger partial charge in [-0.25, -0.2) is 13.8 Å². The molecule has 1 heterocycles. The van der Waals surface area contributed by atoms with E-state index in [0.29, 0.717) is 30.5 Å². The van der Waals surface area contributed by atoms with Crippen LogP contribution in [0, 0.1) is 17.8 Å². The van der Waals surface area contributed by atoms with Gasteiger partial charge in [-0.2, -0.15) is 4.39 Å². The first-order valence-electron chi connectivity index (χ1n) is 16.7. The number of halogens is 3. The van der Waals surface area contributed by atoms with E-state index in [0.717, 1.165) is 37.2 Å². The predicted molar refractivity (Wildman–Crippen MR) is 161 cm³/mol. The highest BCUT2D eigenvalue weighted by atomic mass is 19.3. The van der Waals surface area contributed by atoms with E-state index in [1.807, 2.05) is 12.1 Å². The summed E-state index contributed by atoms with van der Waals surface area (Å²) in [6.07, 6.45) is 23.8. The number of aryl methyl sites for hydroxylation is 2. The number of alkyl halides is 2. The van der Waals surface area contributed by atoms with Crippen molar-refractivity contribution in [3.8, 4) is 11.3 Å². The van der Waals surface area contributed by atoms with E-state index in [-0.39, 0.29) is 0 Å².